The van der Waals surface area contributed by atoms with E-state index in [2.05, 4.69) is 27.7 Å². The van der Waals surface area contributed by atoms with Crippen LogP contribution in [0.1, 0.15) is 86.5 Å². The average molecular weight is 321 g/mol. The number of carbonyl (C=O) groups is 2. The highest BCUT2D eigenvalue weighted by molar-refractivity contribution is 5.86. The minimum absolute atomic E-state index is 0.126. The largest absolute Gasteiger partial charge is 0.300 e. The van der Waals surface area contributed by atoms with Crippen LogP contribution < -0.4 is 0 Å². The third-order valence-electron chi connectivity index (χ3n) is 7.29. The van der Waals surface area contributed by atoms with Crippen LogP contribution in [0.25, 0.3) is 0 Å². The molecule has 2 heteroatoms. The second-order valence-electron chi connectivity index (χ2n) is 8.67. The number of rotatable bonds is 2. The summed E-state index contributed by atoms with van der Waals surface area (Å²) in [5.41, 5.74) is 0.0961. The Balaban J connectivity index is 0.000000924. The Bertz CT molecular complexity index is 468. The SMILES string of the molecule is CC.CCCC1(C)C(=O)CC(C)C2C3CC(=O)CC3(C)CCC21. The summed E-state index contributed by atoms with van der Waals surface area (Å²) in [6, 6.07) is 0. The summed E-state index contributed by atoms with van der Waals surface area (Å²) in [5, 5.41) is 0. The van der Waals surface area contributed by atoms with E-state index in [1.807, 2.05) is 13.8 Å². The first-order valence-electron chi connectivity index (χ1n) is 9.87. The number of hydrogen-bond donors (Lipinski definition) is 0. The van der Waals surface area contributed by atoms with Crippen molar-refractivity contribution < 1.29 is 9.59 Å². The maximum absolute atomic E-state index is 12.7. The van der Waals surface area contributed by atoms with Gasteiger partial charge in [-0.2, -0.15) is 0 Å². The Morgan fingerprint density at radius 2 is 1.74 bits per heavy atom. The summed E-state index contributed by atoms with van der Waals surface area (Å²) in [7, 11) is 0. The molecule has 3 aliphatic carbocycles. The molecular weight excluding hydrogens is 284 g/mol. The second-order valence-corrected chi connectivity index (χ2v) is 8.67. The normalized spacial score (nSPS) is 45.8. The van der Waals surface area contributed by atoms with Crippen LogP contribution in [-0.4, -0.2) is 11.6 Å². The molecule has 6 atom stereocenters. The molecule has 3 saturated carbocycles. The molecule has 0 heterocycles. The van der Waals surface area contributed by atoms with Crippen molar-refractivity contribution in [2.24, 2.45) is 34.5 Å². The number of carbonyl (C=O) groups excluding carboxylic acids is 2. The van der Waals surface area contributed by atoms with Gasteiger partial charge in [0.1, 0.15) is 11.6 Å². The third kappa shape index (κ3) is 2.91. The van der Waals surface area contributed by atoms with Gasteiger partial charge in [-0.05, 0) is 48.3 Å². The van der Waals surface area contributed by atoms with Crippen LogP contribution >= 0.6 is 0 Å². The molecule has 132 valence electrons. The van der Waals surface area contributed by atoms with E-state index in [0.29, 0.717) is 35.2 Å². The topological polar surface area (TPSA) is 34.1 Å². The molecule has 3 aliphatic rings. The van der Waals surface area contributed by atoms with Crippen LogP contribution in [0.4, 0.5) is 0 Å². The summed E-state index contributed by atoms with van der Waals surface area (Å²) >= 11 is 0. The molecule has 6 unspecified atom stereocenters. The van der Waals surface area contributed by atoms with Crippen molar-refractivity contribution in [1.82, 2.24) is 0 Å². The highest BCUT2D eigenvalue weighted by Crippen LogP contribution is 2.63. The monoisotopic (exact) mass is 320 g/mol. The fourth-order valence-electron chi connectivity index (χ4n) is 6.23. The van der Waals surface area contributed by atoms with E-state index >= 15 is 0 Å². The molecule has 0 aromatic heterocycles. The molecule has 23 heavy (non-hydrogen) atoms. The molecule has 2 nitrogen and oxygen atoms in total. The van der Waals surface area contributed by atoms with E-state index in [1.54, 1.807) is 0 Å². The zero-order chi connectivity index (χ0) is 17.4. The van der Waals surface area contributed by atoms with Crippen molar-refractivity contribution in [3.8, 4) is 0 Å². The molecule has 3 fully saturated rings. The minimum Gasteiger partial charge on any atom is -0.300 e. The van der Waals surface area contributed by atoms with Gasteiger partial charge in [-0.15, -0.1) is 0 Å². The maximum atomic E-state index is 12.7. The molecule has 0 aromatic carbocycles. The van der Waals surface area contributed by atoms with Crippen LogP contribution in [0.2, 0.25) is 0 Å². The predicted molar refractivity (Wildman–Crippen MR) is 95.2 cm³/mol. The molecule has 0 N–H and O–H groups in total. The predicted octanol–water partition coefficient (Wildman–Crippen LogP) is 5.44. The molecule has 0 aromatic rings. The lowest BCUT2D eigenvalue weighted by atomic mass is 9.47. The molecule has 0 amide bonds. The smallest absolute Gasteiger partial charge is 0.139 e. The lowest BCUT2D eigenvalue weighted by Gasteiger charge is -2.56. The van der Waals surface area contributed by atoms with Crippen LogP contribution in [0, 0.1) is 34.5 Å². The Hall–Kier alpha value is -0.660. The van der Waals surface area contributed by atoms with E-state index in [4.69, 9.17) is 0 Å². The first kappa shape index (κ1) is 18.7. The van der Waals surface area contributed by atoms with Crippen molar-refractivity contribution in [2.45, 2.75) is 86.5 Å². The van der Waals surface area contributed by atoms with E-state index in [0.717, 1.165) is 44.9 Å². The summed E-state index contributed by atoms with van der Waals surface area (Å²) in [6.07, 6.45) is 6.70. The summed E-state index contributed by atoms with van der Waals surface area (Å²) < 4.78 is 0. The summed E-state index contributed by atoms with van der Waals surface area (Å²) in [6.45, 7) is 13.0. The highest BCUT2D eigenvalue weighted by atomic mass is 16.1. The number of fused-ring (bicyclic) bond motifs is 3. The first-order valence-corrected chi connectivity index (χ1v) is 9.87. The van der Waals surface area contributed by atoms with Crippen LogP contribution in [0.3, 0.4) is 0 Å². The van der Waals surface area contributed by atoms with Crippen LogP contribution in [0.15, 0.2) is 0 Å². The van der Waals surface area contributed by atoms with Crippen molar-refractivity contribution in [2.75, 3.05) is 0 Å². The Labute approximate surface area is 142 Å². The minimum atomic E-state index is -0.126. The van der Waals surface area contributed by atoms with E-state index in [1.165, 1.54) is 0 Å². The standard InChI is InChI=1S/C19H30O2.C2H6/c1-5-7-19(4)14-6-8-18(3)11-13(20)10-15(18)17(14)12(2)9-16(19)21;1-2/h12,14-15,17H,5-11H2,1-4H3;1-2H3. The molecule has 0 bridgehead atoms. The molecule has 0 aliphatic heterocycles. The fourth-order valence-corrected chi connectivity index (χ4v) is 6.23. The summed E-state index contributed by atoms with van der Waals surface area (Å²) in [4.78, 5) is 24.8. The van der Waals surface area contributed by atoms with E-state index < -0.39 is 0 Å². The van der Waals surface area contributed by atoms with Gasteiger partial charge in [0.25, 0.3) is 0 Å². The highest BCUT2D eigenvalue weighted by Gasteiger charge is 2.59. The molecule has 0 spiro atoms. The van der Waals surface area contributed by atoms with E-state index in [9.17, 15) is 9.59 Å². The van der Waals surface area contributed by atoms with Gasteiger partial charge in [0.05, 0.1) is 0 Å². The second kappa shape index (κ2) is 6.69. The zero-order valence-corrected chi connectivity index (χ0v) is 16.1. The summed E-state index contributed by atoms with van der Waals surface area (Å²) in [5.74, 6) is 3.04. The molecule has 3 rings (SSSR count). The van der Waals surface area contributed by atoms with Gasteiger partial charge in [0, 0.05) is 24.7 Å². The van der Waals surface area contributed by atoms with Crippen molar-refractivity contribution in [3.05, 3.63) is 0 Å². The Kier molecular flexibility index (Phi) is 5.43. The Morgan fingerprint density at radius 3 is 2.35 bits per heavy atom. The van der Waals surface area contributed by atoms with Crippen LogP contribution in [0.5, 0.6) is 0 Å². The van der Waals surface area contributed by atoms with Crippen molar-refractivity contribution in [1.29, 1.82) is 0 Å². The fraction of sp³-hybridized carbons (Fsp3) is 0.905. The molecule has 0 radical (unpaired) electrons. The average Bonchev–Trinajstić information content (AvgIpc) is 2.81. The number of hydrogen-bond acceptors (Lipinski definition) is 2. The van der Waals surface area contributed by atoms with Gasteiger partial charge >= 0.3 is 0 Å². The van der Waals surface area contributed by atoms with E-state index in [-0.39, 0.29) is 10.8 Å². The lowest BCUT2D eigenvalue weighted by molar-refractivity contribution is -0.150. The van der Waals surface area contributed by atoms with Gasteiger partial charge in [0.2, 0.25) is 0 Å². The maximum Gasteiger partial charge on any atom is 0.139 e. The molecular formula is C21H36O2. The molecule has 0 saturated heterocycles. The van der Waals surface area contributed by atoms with Gasteiger partial charge in [0.15, 0.2) is 0 Å². The van der Waals surface area contributed by atoms with Gasteiger partial charge < -0.3 is 0 Å². The number of ketones is 2. The van der Waals surface area contributed by atoms with Gasteiger partial charge in [-0.3, -0.25) is 9.59 Å². The van der Waals surface area contributed by atoms with Crippen molar-refractivity contribution >= 4 is 11.6 Å². The van der Waals surface area contributed by atoms with Crippen LogP contribution in [-0.2, 0) is 9.59 Å². The zero-order valence-electron chi connectivity index (χ0n) is 16.1. The Morgan fingerprint density at radius 1 is 1.09 bits per heavy atom. The number of Topliss-reactive ketones (excluding diaryl/α,β-unsaturated/α-hetero) is 2. The van der Waals surface area contributed by atoms with Gasteiger partial charge in [-0.1, -0.05) is 48.0 Å². The van der Waals surface area contributed by atoms with Crippen molar-refractivity contribution in [3.63, 3.8) is 0 Å². The third-order valence-corrected chi connectivity index (χ3v) is 7.29. The van der Waals surface area contributed by atoms with Gasteiger partial charge in [-0.25, -0.2) is 0 Å². The quantitative estimate of drug-likeness (QED) is 0.679. The lowest BCUT2D eigenvalue weighted by Crippen LogP contribution is -2.54. The first-order chi connectivity index (χ1) is 10.8.